The molecule has 0 aliphatic rings. The molecule has 0 bridgehead atoms. The highest BCUT2D eigenvalue weighted by Crippen LogP contribution is 2.17. The summed E-state index contributed by atoms with van der Waals surface area (Å²) in [6.07, 6.45) is 0.957. The lowest BCUT2D eigenvalue weighted by Gasteiger charge is -2.11. The molecule has 6 heteroatoms. The average Bonchev–Trinajstić information content (AvgIpc) is 3.16. The van der Waals surface area contributed by atoms with Crippen molar-refractivity contribution in [2.24, 2.45) is 0 Å². The van der Waals surface area contributed by atoms with E-state index in [0.717, 1.165) is 24.2 Å². The minimum Gasteiger partial charge on any atom is -0.362 e. The molecule has 0 saturated carbocycles. The first-order valence-electron chi connectivity index (χ1n) is 7.73. The first kappa shape index (κ1) is 16.5. The fourth-order valence-corrected chi connectivity index (χ4v) is 2.93. The summed E-state index contributed by atoms with van der Waals surface area (Å²) in [6, 6.07) is 18.6. The normalized spacial score (nSPS) is 10.3. The van der Waals surface area contributed by atoms with Crippen LogP contribution < -0.4 is 10.6 Å². The summed E-state index contributed by atoms with van der Waals surface area (Å²) in [4.78, 5) is 0. The van der Waals surface area contributed by atoms with Crippen LogP contribution in [0.2, 0.25) is 0 Å². The summed E-state index contributed by atoms with van der Waals surface area (Å²) >= 11 is 6.68. The Bertz CT molecular complexity index is 755. The Hall–Kier alpha value is -2.31. The van der Waals surface area contributed by atoms with Crippen molar-refractivity contribution in [3.63, 3.8) is 0 Å². The maximum absolute atomic E-state index is 5.32. The van der Waals surface area contributed by atoms with Gasteiger partial charge in [0.1, 0.15) is 5.69 Å². The maximum Gasteiger partial charge on any atom is 0.166 e. The van der Waals surface area contributed by atoms with Crippen molar-refractivity contribution in [1.29, 1.82) is 0 Å². The first-order chi connectivity index (χ1) is 11.8. The van der Waals surface area contributed by atoms with Crippen LogP contribution in [0.4, 0.5) is 0 Å². The van der Waals surface area contributed by atoms with Gasteiger partial charge in [0.05, 0.1) is 0 Å². The van der Waals surface area contributed by atoms with Gasteiger partial charge in [-0.05, 0) is 41.3 Å². The fraction of sp³-hybridized carbons (Fsp3) is 0.167. The Labute approximate surface area is 151 Å². The molecule has 1 heterocycles. The summed E-state index contributed by atoms with van der Waals surface area (Å²) < 4.78 is 3.88. The number of nitrogens with one attached hydrogen (secondary N) is 2. The molecule has 2 aromatic carbocycles. The highest BCUT2D eigenvalue weighted by atomic mass is 32.1. The molecule has 1 aromatic heterocycles. The second-order valence-corrected chi connectivity index (χ2v) is 6.35. The number of rotatable bonds is 6. The van der Waals surface area contributed by atoms with Gasteiger partial charge in [-0.15, -0.1) is 5.10 Å². The minimum atomic E-state index is 0.679. The van der Waals surface area contributed by atoms with E-state index in [4.69, 9.17) is 12.2 Å². The summed E-state index contributed by atoms with van der Waals surface area (Å²) in [7, 11) is 0. The van der Waals surface area contributed by atoms with Crippen LogP contribution in [0.3, 0.4) is 0 Å². The van der Waals surface area contributed by atoms with Crippen LogP contribution in [0.15, 0.2) is 60.0 Å². The van der Waals surface area contributed by atoms with E-state index in [1.54, 1.807) is 0 Å². The second kappa shape index (κ2) is 8.52. The van der Waals surface area contributed by atoms with Gasteiger partial charge >= 0.3 is 0 Å². The number of benzene rings is 2. The number of thiocarbonyl (C=S) groups is 1. The van der Waals surface area contributed by atoms with Gasteiger partial charge in [-0.2, -0.15) is 0 Å². The molecule has 3 rings (SSSR count). The van der Waals surface area contributed by atoms with Gasteiger partial charge in [-0.3, -0.25) is 0 Å². The third kappa shape index (κ3) is 4.84. The topological polar surface area (TPSA) is 49.8 Å². The smallest absolute Gasteiger partial charge is 0.166 e. The zero-order valence-corrected chi connectivity index (χ0v) is 14.7. The number of hydrogen-bond donors (Lipinski definition) is 2. The Balaban J connectivity index is 1.41. The molecule has 0 atom stereocenters. The lowest BCUT2D eigenvalue weighted by molar-refractivity contribution is 0.815. The third-order valence-corrected chi connectivity index (χ3v) is 4.40. The summed E-state index contributed by atoms with van der Waals surface area (Å²) in [6.45, 7) is 1.53. The maximum atomic E-state index is 5.32. The van der Waals surface area contributed by atoms with Crippen molar-refractivity contribution < 1.29 is 0 Å². The van der Waals surface area contributed by atoms with E-state index in [0.29, 0.717) is 11.7 Å². The lowest BCUT2D eigenvalue weighted by Crippen LogP contribution is -2.35. The van der Waals surface area contributed by atoms with Crippen molar-refractivity contribution in [2.45, 2.75) is 13.0 Å². The monoisotopic (exact) mass is 354 g/mol. The van der Waals surface area contributed by atoms with Crippen LogP contribution >= 0.6 is 23.8 Å². The third-order valence-electron chi connectivity index (χ3n) is 3.60. The van der Waals surface area contributed by atoms with E-state index in [-0.39, 0.29) is 0 Å². The van der Waals surface area contributed by atoms with Crippen LogP contribution in [0.25, 0.3) is 11.3 Å². The van der Waals surface area contributed by atoms with Crippen LogP contribution in [0.5, 0.6) is 0 Å². The SMILES string of the molecule is S=C(NCCc1ccccc1)NCc1ccc(-c2csnn2)cc1. The first-order valence-corrected chi connectivity index (χ1v) is 8.98. The lowest BCUT2D eigenvalue weighted by atomic mass is 10.1. The van der Waals surface area contributed by atoms with E-state index in [2.05, 4.69) is 68.8 Å². The highest BCUT2D eigenvalue weighted by Gasteiger charge is 2.01. The molecule has 24 heavy (non-hydrogen) atoms. The van der Waals surface area contributed by atoms with Crippen LogP contribution in [0, 0.1) is 0 Å². The standard InChI is InChI=1S/C18H18N4S2/c23-18(19-11-10-14-4-2-1-3-5-14)20-12-15-6-8-16(9-7-15)17-13-24-22-21-17/h1-9,13H,10-12H2,(H2,19,20,23). The highest BCUT2D eigenvalue weighted by molar-refractivity contribution is 7.80. The summed E-state index contributed by atoms with van der Waals surface area (Å²) in [5.74, 6) is 0. The average molecular weight is 355 g/mol. The zero-order valence-electron chi connectivity index (χ0n) is 13.1. The van der Waals surface area contributed by atoms with E-state index in [1.807, 2.05) is 11.4 Å². The molecule has 122 valence electrons. The molecule has 0 unspecified atom stereocenters. The zero-order chi connectivity index (χ0) is 16.6. The van der Waals surface area contributed by atoms with Gasteiger partial charge in [0.25, 0.3) is 0 Å². The Kier molecular flexibility index (Phi) is 5.87. The van der Waals surface area contributed by atoms with Crippen LogP contribution in [0.1, 0.15) is 11.1 Å². The van der Waals surface area contributed by atoms with Gasteiger partial charge in [0.15, 0.2) is 5.11 Å². The number of aromatic nitrogens is 2. The molecule has 0 aliphatic heterocycles. The molecular weight excluding hydrogens is 336 g/mol. The van der Waals surface area contributed by atoms with E-state index < -0.39 is 0 Å². The van der Waals surface area contributed by atoms with Crippen molar-refractivity contribution in [1.82, 2.24) is 20.2 Å². The van der Waals surface area contributed by atoms with E-state index >= 15 is 0 Å². The van der Waals surface area contributed by atoms with Crippen molar-refractivity contribution in [2.75, 3.05) is 6.54 Å². The molecule has 2 N–H and O–H groups in total. The van der Waals surface area contributed by atoms with Gasteiger partial charge in [0.2, 0.25) is 0 Å². The van der Waals surface area contributed by atoms with Gasteiger partial charge in [-0.25, -0.2) is 0 Å². The Morgan fingerprint density at radius 3 is 2.46 bits per heavy atom. The Morgan fingerprint density at radius 1 is 0.958 bits per heavy atom. The summed E-state index contributed by atoms with van der Waals surface area (Å²) in [5, 5.41) is 13.2. The predicted octanol–water partition coefficient (Wildman–Crippen LogP) is 3.41. The molecule has 0 aliphatic carbocycles. The molecular formula is C18H18N4S2. The fourth-order valence-electron chi connectivity index (χ4n) is 2.29. The van der Waals surface area contributed by atoms with Crippen molar-refractivity contribution >= 4 is 28.9 Å². The molecule has 0 amide bonds. The molecule has 3 aromatic rings. The van der Waals surface area contributed by atoms with E-state index in [9.17, 15) is 0 Å². The predicted molar refractivity (Wildman–Crippen MR) is 103 cm³/mol. The van der Waals surface area contributed by atoms with Crippen molar-refractivity contribution in [3.05, 3.63) is 71.1 Å². The molecule has 0 radical (unpaired) electrons. The second-order valence-electron chi connectivity index (χ2n) is 5.33. The van der Waals surface area contributed by atoms with E-state index in [1.165, 1.54) is 22.7 Å². The molecule has 0 fully saturated rings. The van der Waals surface area contributed by atoms with Crippen LogP contribution in [-0.2, 0) is 13.0 Å². The van der Waals surface area contributed by atoms with Crippen LogP contribution in [-0.4, -0.2) is 21.2 Å². The van der Waals surface area contributed by atoms with Gasteiger partial charge < -0.3 is 10.6 Å². The molecule has 0 spiro atoms. The van der Waals surface area contributed by atoms with Crippen molar-refractivity contribution in [3.8, 4) is 11.3 Å². The number of nitrogens with zero attached hydrogens (tertiary/aromatic N) is 2. The quantitative estimate of drug-likeness (QED) is 0.665. The largest absolute Gasteiger partial charge is 0.362 e. The van der Waals surface area contributed by atoms with Gasteiger partial charge in [-0.1, -0.05) is 59.1 Å². The van der Waals surface area contributed by atoms with Gasteiger partial charge in [0, 0.05) is 24.0 Å². The molecule has 0 saturated heterocycles. The molecule has 4 nitrogen and oxygen atoms in total. The summed E-state index contributed by atoms with van der Waals surface area (Å²) in [5.41, 5.74) is 4.47. The Morgan fingerprint density at radius 2 is 1.75 bits per heavy atom. The number of hydrogen-bond acceptors (Lipinski definition) is 4. The minimum absolute atomic E-state index is 0.679.